The van der Waals surface area contributed by atoms with Crippen LogP contribution >= 0.6 is 0 Å². The van der Waals surface area contributed by atoms with E-state index in [9.17, 15) is 4.79 Å². The highest BCUT2D eigenvalue weighted by atomic mass is 16.5. The predicted molar refractivity (Wildman–Crippen MR) is 103 cm³/mol. The van der Waals surface area contributed by atoms with Crippen molar-refractivity contribution in [1.29, 1.82) is 0 Å². The summed E-state index contributed by atoms with van der Waals surface area (Å²) in [5, 5.41) is 4.44. The van der Waals surface area contributed by atoms with Crippen LogP contribution in [0.15, 0.2) is 30.9 Å². The quantitative estimate of drug-likeness (QED) is 0.825. The first-order valence-electron chi connectivity index (χ1n) is 9.68. The zero-order chi connectivity index (χ0) is 18.8. The molecule has 4 rings (SSSR count). The van der Waals surface area contributed by atoms with Crippen molar-refractivity contribution >= 4 is 11.6 Å². The van der Waals surface area contributed by atoms with Gasteiger partial charge in [0.15, 0.2) is 0 Å². The van der Waals surface area contributed by atoms with Crippen LogP contribution in [0.1, 0.15) is 24.8 Å². The molecule has 1 amide bonds. The van der Waals surface area contributed by atoms with Gasteiger partial charge in [0, 0.05) is 45.1 Å². The van der Waals surface area contributed by atoms with E-state index in [1.807, 2.05) is 48.2 Å². The molecule has 2 fully saturated rings. The molecule has 2 aromatic heterocycles. The Kier molecular flexibility index (Phi) is 5.11. The van der Waals surface area contributed by atoms with Crippen LogP contribution in [0.3, 0.4) is 0 Å². The highest BCUT2D eigenvalue weighted by Crippen LogP contribution is 2.29. The normalized spacial score (nSPS) is 20.8. The first kappa shape index (κ1) is 18.0. The van der Waals surface area contributed by atoms with Crippen molar-refractivity contribution in [3.8, 4) is 5.69 Å². The van der Waals surface area contributed by atoms with Gasteiger partial charge in [-0.25, -0.2) is 4.68 Å². The van der Waals surface area contributed by atoms with E-state index in [2.05, 4.69) is 15.0 Å². The lowest BCUT2D eigenvalue weighted by atomic mass is 9.94. The number of carbonyl (C=O) groups is 1. The van der Waals surface area contributed by atoms with Crippen molar-refractivity contribution in [3.63, 3.8) is 0 Å². The number of amides is 1. The number of ether oxygens (including phenoxy) is 1. The summed E-state index contributed by atoms with van der Waals surface area (Å²) in [5.74, 6) is 0.359. The highest BCUT2D eigenvalue weighted by Gasteiger charge is 2.32. The summed E-state index contributed by atoms with van der Waals surface area (Å²) >= 11 is 0. The van der Waals surface area contributed by atoms with Gasteiger partial charge < -0.3 is 14.5 Å². The van der Waals surface area contributed by atoms with Crippen LogP contribution in [0, 0.1) is 12.8 Å². The van der Waals surface area contributed by atoms with Crippen LogP contribution in [0.4, 0.5) is 5.69 Å². The number of aryl methyl sites for hydroxylation is 1. The fraction of sp³-hybridized carbons (Fsp3) is 0.550. The van der Waals surface area contributed by atoms with Crippen LogP contribution in [-0.2, 0) is 9.53 Å². The third kappa shape index (κ3) is 3.69. The van der Waals surface area contributed by atoms with Gasteiger partial charge in [0.2, 0.25) is 5.91 Å². The minimum atomic E-state index is 0.0962. The summed E-state index contributed by atoms with van der Waals surface area (Å²) in [5.41, 5.74) is 3.23. The molecule has 2 saturated heterocycles. The maximum Gasteiger partial charge on any atom is 0.225 e. The zero-order valence-corrected chi connectivity index (χ0v) is 16.0. The smallest absolute Gasteiger partial charge is 0.225 e. The van der Waals surface area contributed by atoms with Gasteiger partial charge in [-0.1, -0.05) is 0 Å². The monoisotopic (exact) mass is 369 g/mol. The number of anilines is 1. The molecule has 2 aliphatic heterocycles. The number of hydrogen-bond acceptors (Lipinski definition) is 5. The number of nitrogens with zero attached hydrogens (tertiary/aromatic N) is 5. The Morgan fingerprint density at radius 1 is 1.22 bits per heavy atom. The number of likely N-dealkylation sites (N-methyl/N-ethyl adjacent to an activating group) is 1. The Labute approximate surface area is 159 Å². The fourth-order valence-electron chi connectivity index (χ4n) is 4.02. The van der Waals surface area contributed by atoms with Crippen LogP contribution in [0.25, 0.3) is 5.69 Å². The van der Waals surface area contributed by atoms with E-state index in [1.165, 1.54) is 0 Å². The Morgan fingerprint density at radius 3 is 2.70 bits per heavy atom. The maximum absolute atomic E-state index is 12.8. The Morgan fingerprint density at radius 2 is 2.04 bits per heavy atom. The summed E-state index contributed by atoms with van der Waals surface area (Å²) in [6.45, 7) is 5.17. The van der Waals surface area contributed by atoms with E-state index in [4.69, 9.17) is 4.74 Å². The van der Waals surface area contributed by atoms with Gasteiger partial charge >= 0.3 is 0 Å². The van der Waals surface area contributed by atoms with Gasteiger partial charge in [-0.05, 0) is 37.8 Å². The van der Waals surface area contributed by atoms with Crippen molar-refractivity contribution < 1.29 is 9.53 Å². The van der Waals surface area contributed by atoms with Crippen molar-refractivity contribution in [1.82, 2.24) is 19.7 Å². The van der Waals surface area contributed by atoms with E-state index in [0.29, 0.717) is 6.61 Å². The molecular weight excluding hydrogens is 342 g/mol. The van der Waals surface area contributed by atoms with Gasteiger partial charge in [0.1, 0.15) is 0 Å². The molecule has 0 spiro atoms. The lowest BCUT2D eigenvalue weighted by molar-refractivity contribution is -0.137. The van der Waals surface area contributed by atoms with Crippen molar-refractivity contribution in [3.05, 3.63) is 36.4 Å². The third-order valence-electron chi connectivity index (χ3n) is 5.72. The number of piperidine rings is 1. The van der Waals surface area contributed by atoms with Gasteiger partial charge in [-0.2, -0.15) is 5.10 Å². The standard InChI is InChI=1S/C20H27N5O2/c1-15-11-22-25(13-15)18-3-7-21-12-19(18)24-8-4-16(5-9-24)20(26)23(2)17-6-10-27-14-17/h3,7,11-13,16-17H,4-6,8-10,14H2,1-2H3/t17-/m1/s1. The van der Waals surface area contributed by atoms with Crippen LogP contribution < -0.4 is 4.90 Å². The summed E-state index contributed by atoms with van der Waals surface area (Å²) in [6, 6.07) is 2.23. The van der Waals surface area contributed by atoms with E-state index < -0.39 is 0 Å². The van der Waals surface area contributed by atoms with E-state index in [1.54, 1.807) is 6.20 Å². The minimum Gasteiger partial charge on any atom is -0.379 e. The van der Waals surface area contributed by atoms with Gasteiger partial charge in [-0.15, -0.1) is 0 Å². The van der Waals surface area contributed by atoms with E-state index in [0.717, 1.165) is 55.9 Å². The second-order valence-electron chi connectivity index (χ2n) is 7.55. The molecule has 0 bridgehead atoms. The third-order valence-corrected chi connectivity index (χ3v) is 5.72. The molecule has 2 aromatic rings. The van der Waals surface area contributed by atoms with Crippen molar-refractivity contribution in [2.75, 3.05) is 38.3 Å². The van der Waals surface area contributed by atoms with Gasteiger partial charge in [0.05, 0.1) is 36.4 Å². The second-order valence-corrected chi connectivity index (χ2v) is 7.55. The molecular formula is C20H27N5O2. The lowest BCUT2D eigenvalue weighted by Crippen LogP contribution is -2.45. The number of pyridine rings is 1. The zero-order valence-electron chi connectivity index (χ0n) is 16.0. The molecule has 2 aliphatic rings. The topological polar surface area (TPSA) is 63.5 Å². The van der Waals surface area contributed by atoms with E-state index in [-0.39, 0.29) is 17.9 Å². The van der Waals surface area contributed by atoms with Crippen molar-refractivity contribution in [2.45, 2.75) is 32.2 Å². The Hall–Kier alpha value is -2.41. The molecule has 0 N–H and O–H groups in total. The second kappa shape index (κ2) is 7.68. The lowest BCUT2D eigenvalue weighted by Gasteiger charge is -2.36. The van der Waals surface area contributed by atoms with Crippen molar-refractivity contribution in [2.24, 2.45) is 5.92 Å². The summed E-state index contributed by atoms with van der Waals surface area (Å²) in [6.07, 6.45) is 10.3. The number of carbonyl (C=O) groups excluding carboxylic acids is 1. The number of aromatic nitrogens is 3. The van der Waals surface area contributed by atoms with Gasteiger partial charge in [0.25, 0.3) is 0 Å². The Bertz CT molecular complexity index is 791. The van der Waals surface area contributed by atoms with Crippen LogP contribution in [0.5, 0.6) is 0 Å². The first-order valence-corrected chi connectivity index (χ1v) is 9.68. The predicted octanol–water partition coefficient (Wildman–Crippen LogP) is 2.04. The molecule has 0 radical (unpaired) electrons. The SMILES string of the molecule is Cc1cnn(-c2ccncc2N2CCC(C(=O)N(C)[C@@H]3CCOC3)CC2)c1. The maximum atomic E-state index is 12.8. The largest absolute Gasteiger partial charge is 0.379 e. The molecule has 0 saturated carbocycles. The molecule has 144 valence electrons. The molecule has 0 aliphatic carbocycles. The summed E-state index contributed by atoms with van der Waals surface area (Å²) < 4.78 is 7.33. The summed E-state index contributed by atoms with van der Waals surface area (Å²) in [7, 11) is 1.92. The minimum absolute atomic E-state index is 0.0962. The summed E-state index contributed by atoms with van der Waals surface area (Å²) in [4.78, 5) is 21.4. The highest BCUT2D eigenvalue weighted by molar-refractivity contribution is 5.79. The number of rotatable bonds is 4. The van der Waals surface area contributed by atoms with Gasteiger partial charge in [-0.3, -0.25) is 9.78 Å². The molecule has 1 atom stereocenters. The molecule has 7 nitrogen and oxygen atoms in total. The molecule has 0 aromatic carbocycles. The molecule has 0 unspecified atom stereocenters. The van der Waals surface area contributed by atoms with Crippen LogP contribution in [-0.4, -0.2) is 65.0 Å². The first-order chi connectivity index (χ1) is 13.1. The average Bonchev–Trinajstić information content (AvgIpc) is 3.39. The average molecular weight is 369 g/mol. The van der Waals surface area contributed by atoms with E-state index >= 15 is 0 Å². The van der Waals surface area contributed by atoms with Crippen LogP contribution in [0.2, 0.25) is 0 Å². The molecule has 7 heteroatoms. The fourth-order valence-corrected chi connectivity index (χ4v) is 4.02. The molecule has 27 heavy (non-hydrogen) atoms. The molecule has 4 heterocycles. The Balaban J connectivity index is 1.43. The number of hydrogen-bond donors (Lipinski definition) is 0.